The highest BCUT2D eigenvalue weighted by molar-refractivity contribution is 7.90. The second-order valence-electron chi connectivity index (χ2n) is 7.48. The van der Waals surface area contributed by atoms with E-state index >= 15 is 0 Å². The van der Waals surface area contributed by atoms with Gasteiger partial charge in [0.05, 0.1) is 11.5 Å². The molecule has 3 rings (SSSR count). The van der Waals surface area contributed by atoms with Crippen molar-refractivity contribution < 1.29 is 22.7 Å². The van der Waals surface area contributed by atoms with E-state index in [0.29, 0.717) is 43.2 Å². The first kappa shape index (κ1) is 23.3. The Labute approximate surface area is 189 Å². The van der Waals surface area contributed by atoms with Crippen LogP contribution < -0.4 is 9.47 Å². The summed E-state index contributed by atoms with van der Waals surface area (Å²) >= 11 is 0. The molecule has 6 nitrogen and oxygen atoms in total. The van der Waals surface area contributed by atoms with Gasteiger partial charge in [-0.1, -0.05) is 42.5 Å². The molecule has 168 valence electrons. The van der Waals surface area contributed by atoms with E-state index in [4.69, 9.17) is 9.47 Å². The molecule has 0 spiro atoms. The Bertz CT molecular complexity index is 1150. The van der Waals surface area contributed by atoms with E-state index in [9.17, 15) is 13.2 Å². The van der Waals surface area contributed by atoms with Crippen molar-refractivity contribution in [3.63, 3.8) is 0 Å². The molecule has 0 radical (unpaired) electrons. The van der Waals surface area contributed by atoms with Gasteiger partial charge in [0.25, 0.3) is 5.91 Å². The zero-order valence-corrected chi connectivity index (χ0v) is 19.0. The summed E-state index contributed by atoms with van der Waals surface area (Å²) in [5, 5.41) is 0. The molecule has 0 aliphatic carbocycles. The minimum Gasteiger partial charge on any atom is -0.493 e. The Hall–Kier alpha value is -3.32. The highest BCUT2D eigenvalue weighted by Crippen LogP contribution is 2.18. The lowest BCUT2D eigenvalue weighted by atomic mass is 10.2. The monoisotopic (exact) mass is 453 g/mol. The van der Waals surface area contributed by atoms with Gasteiger partial charge in [-0.3, -0.25) is 4.79 Å². The van der Waals surface area contributed by atoms with E-state index < -0.39 is 9.84 Å². The van der Waals surface area contributed by atoms with E-state index in [2.05, 4.69) is 0 Å². The Kier molecular flexibility index (Phi) is 7.89. The highest BCUT2D eigenvalue weighted by Gasteiger charge is 2.13. The normalized spacial score (nSPS) is 11.1. The first-order chi connectivity index (χ1) is 15.3. The number of rotatable bonds is 10. The van der Waals surface area contributed by atoms with Crippen molar-refractivity contribution >= 4 is 15.7 Å². The van der Waals surface area contributed by atoms with E-state index in [-0.39, 0.29) is 10.8 Å². The number of amides is 1. The maximum absolute atomic E-state index is 12.8. The highest BCUT2D eigenvalue weighted by atomic mass is 32.2. The molecule has 0 aromatic heterocycles. The van der Waals surface area contributed by atoms with Crippen LogP contribution in [0.5, 0.6) is 11.5 Å². The third-order valence-electron chi connectivity index (χ3n) is 4.82. The average Bonchev–Trinajstić information content (AvgIpc) is 2.80. The van der Waals surface area contributed by atoms with Crippen LogP contribution in [0.15, 0.2) is 83.8 Å². The molecule has 1 amide bonds. The summed E-state index contributed by atoms with van der Waals surface area (Å²) < 4.78 is 34.7. The Morgan fingerprint density at radius 1 is 0.875 bits per heavy atom. The smallest absolute Gasteiger partial charge is 0.253 e. The molecule has 32 heavy (non-hydrogen) atoms. The molecule has 0 heterocycles. The number of benzene rings is 3. The van der Waals surface area contributed by atoms with Crippen LogP contribution in [0.1, 0.15) is 22.3 Å². The van der Waals surface area contributed by atoms with Crippen LogP contribution in [0.3, 0.4) is 0 Å². The van der Waals surface area contributed by atoms with Gasteiger partial charge in [-0.15, -0.1) is 0 Å². The predicted octanol–water partition coefficient (Wildman–Crippen LogP) is 4.21. The Balaban J connectivity index is 1.48. The van der Waals surface area contributed by atoms with Crippen LogP contribution in [0.4, 0.5) is 0 Å². The van der Waals surface area contributed by atoms with E-state index in [1.54, 1.807) is 42.3 Å². The maximum atomic E-state index is 12.8. The number of nitrogens with zero attached hydrogens (tertiary/aromatic N) is 1. The summed E-state index contributed by atoms with van der Waals surface area (Å²) in [6, 6.07) is 23.4. The molecule has 0 saturated carbocycles. The largest absolute Gasteiger partial charge is 0.493 e. The van der Waals surface area contributed by atoms with Gasteiger partial charge in [0.15, 0.2) is 9.84 Å². The molecule has 0 fully saturated rings. The number of sulfone groups is 1. The van der Waals surface area contributed by atoms with Gasteiger partial charge in [-0.05, 0) is 48.4 Å². The van der Waals surface area contributed by atoms with Crippen LogP contribution in [0.25, 0.3) is 0 Å². The molecular weight excluding hydrogens is 426 g/mol. The van der Waals surface area contributed by atoms with Gasteiger partial charge in [0.1, 0.15) is 18.1 Å². The zero-order valence-electron chi connectivity index (χ0n) is 18.2. The van der Waals surface area contributed by atoms with Crippen LogP contribution >= 0.6 is 0 Å². The van der Waals surface area contributed by atoms with Crippen LogP contribution in [0.2, 0.25) is 0 Å². The minimum atomic E-state index is -3.28. The van der Waals surface area contributed by atoms with E-state index in [0.717, 1.165) is 11.8 Å². The lowest BCUT2D eigenvalue weighted by Gasteiger charge is -2.18. The number of ether oxygens (including phenoxy) is 2. The minimum absolute atomic E-state index is 0.103. The fourth-order valence-corrected chi connectivity index (χ4v) is 3.72. The molecule has 0 aliphatic heterocycles. The summed E-state index contributed by atoms with van der Waals surface area (Å²) in [5.74, 6) is 1.03. The fourth-order valence-electron chi connectivity index (χ4n) is 3.07. The lowest BCUT2D eigenvalue weighted by molar-refractivity contribution is 0.0787. The summed E-state index contributed by atoms with van der Waals surface area (Å²) in [6.45, 7) is 1.30. The van der Waals surface area contributed by atoms with Crippen molar-refractivity contribution in [2.45, 2.75) is 17.9 Å². The molecular formula is C25H27NO5S. The van der Waals surface area contributed by atoms with Crippen molar-refractivity contribution in [1.82, 2.24) is 4.90 Å². The van der Waals surface area contributed by atoms with Crippen LogP contribution in [-0.4, -0.2) is 45.7 Å². The summed E-state index contributed by atoms with van der Waals surface area (Å²) in [5.41, 5.74) is 1.61. The number of hydrogen-bond acceptors (Lipinski definition) is 5. The molecule has 3 aromatic rings. The molecule has 0 bridgehead atoms. The van der Waals surface area contributed by atoms with Crippen molar-refractivity contribution in [3.8, 4) is 11.5 Å². The van der Waals surface area contributed by atoms with Gasteiger partial charge in [-0.25, -0.2) is 8.42 Å². The standard InChI is InChI=1S/C25H27NO5S/c1-26(15-8-16-30-23-13-7-14-24(18-23)32(2,28)29)25(27)21-11-6-12-22(17-21)31-19-20-9-4-3-5-10-20/h3-7,9-14,17-18H,8,15-16,19H2,1-2H3. The third kappa shape index (κ3) is 6.85. The SMILES string of the molecule is CN(CCCOc1cccc(S(C)(=O)=O)c1)C(=O)c1cccc(OCc2ccccc2)c1. The second kappa shape index (κ2) is 10.8. The molecule has 7 heteroatoms. The number of carbonyl (C=O) groups is 1. The van der Waals surface area contributed by atoms with Crippen LogP contribution in [0, 0.1) is 0 Å². The number of hydrogen-bond donors (Lipinski definition) is 0. The van der Waals surface area contributed by atoms with E-state index in [1.807, 2.05) is 36.4 Å². The van der Waals surface area contributed by atoms with Gasteiger partial charge in [0.2, 0.25) is 0 Å². The maximum Gasteiger partial charge on any atom is 0.253 e. The summed E-state index contributed by atoms with van der Waals surface area (Å²) in [4.78, 5) is 14.6. The molecule has 3 aromatic carbocycles. The number of carbonyl (C=O) groups excluding carboxylic acids is 1. The van der Waals surface area contributed by atoms with Crippen molar-refractivity contribution in [2.75, 3.05) is 26.5 Å². The molecule has 0 saturated heterocycles. The predicted molar refractivity (Wildman–Crippen MR) is 124 cm³/mol. The van der Waals surface area contributed by atoms with Gasteiger partial charge < -0.3 is 14.4 Å². The van der Waals surface area contributed by atoms with Gasteiger partial charge >= 0.3 is 0 Å². The second-order valence-corrected chi connectivity index (χ2v) is 9.49. The Morgan fingerprint density at radius 3 is 2.28 bits per heavy atom. The third-order valence-corrected chi connectivity index (χ3v) is 5.93. The first-order valence-corrected chi connectivity index (χ1v) is 12.2. The molecule has 0 N–H and O–H groups in total. The summed E-state index contributed by atoms with van der Waals surface area (Å²) in [7, 11) is -1.54. The fraction of sp³-hybridized carbons (Fsp3) is 0.240. The van der Waals surface area contributed by atoms with Crippen molar-refractivity contribution in [2.24, 2.45) is 0 Å². The molecule has 0 aliphatic rings. The summed E-state index contributed by atoms with van der Waals surface area (Å²) in [6.07, 6.45) is 1.77. The molecule has 0 unspecified atom stereocenters. The topological polar surface area (TPSA) is 72.9 Å². The van der Waals surface area contributed by atoms with Crippen molar-refractivity contribution in [1.29, 1.82) is 0 Å². The average molecular weight is 454 g/mol. The van der Waals surface area contributed by atoms with Gasteiger partial charge in [0, 0.05) is 25.4 Å². The van der Waals surface area contributed by atoms with Crippen LogP contribution in [-0.2, 0) is 16.4 Å². The molecule has 0 atom stereocenters. The van der Waals surface area contributed by atoms with Crippen molar-refractivity contribution in [3.05, 3.63) is 90.0 Å². The quantitative estimate of drug-likeness (QED) is 0.430. The van der Waals surface area contributed by atoms with E-state index in [1.165, 1.54) is 12.1 Å². The zero-order chi connectivity index (χ0) is 23.0. The Morgan fingerprint density at radius 2 is 1.56 bits per heavy atom. The van der Waals surface area contributed by atoms with Gasteiger partial charge in [-0.2, -0.15) is 0 Å². The first-order valence-electron chi connectivity index (χ1n) is 10.3. The lowest BCUT2D eigenvalue weighted by Crippen LogP contribution is -2.28.